The fourth-order valence-corrected chi connectivity index (χ4v) is 15.8. The molecule has 1 spiro atoms. The summed E-state index contributed by atoms with van der Waals surface area (Å²) in [5.74, 6) is 14.4. The third-order valence-electron chi connectivity index (χ3n) is 16.7. The van der Waals surface area contributed by atoms with Gasteiger partial charge in [-0.1, -0.05) is 52.7 Å². The standard InChI is InChI=1S/C55H76N2O13S2/c1-32-6-9-37-10-13-45(61)43-28-57-54(66)40(43)5-3-4-33-14-16-55(37,25-32)44-22-39(12-8-36(44)27-56-26-33)70-49-21-35-7-11-38(68-30-59)23-46(62)42(18-34-19-50(67-2)53(65)51(20-34)69-31-60)48(64)29-71-72-52(15-17-58)41(35)24-47(49)63/h19-21,24,32-33,36-40,42-46,48,52,56,58-65H,4,6-13,15,17-18,22-23,25-31H2,1-2H3,(H,57,66). The minimum Gasteiger partial charge on any atom is -0.504 e. The van der Waals surface area contributed by atoms with Crippen LogP contribution in [0, 0.1) is 76.4 Å². The Labute approximate surface area is 432 Å². The van der Waals surface area contributed by atoms with E-state index < -0.39 is 49.8 Å². The van der Waals surface area contributed by atoms with Crippen molar-refractivity contribution in [3.63, 3.8) is 0 Å². The number of carbonyl (C=O) groups is 1. The van der Waals surface area contributed by atoms with Crippen LogP contribution in [0.2, 0.25) is 0 Å². The molecule has 0 aromatic heterocycles. The number of rotatable bonds is 11. The topological polar surface area (TPSA) is 240 Å². The molecule has 3 fully saturated rings. The second kappa shape index (κ2) is 25.3. The SMILES string of the molecule is COc1cc(CC2C(O)CSSC(CCO)c3cc(O)c(OC4CCC5CNCC6C#CC7(CC(C)CCC7CCC(O)C7CNC(=O)C7C#CC6)C5C4)cc3CCC(OCO)CC2O)cc(OCO)c1O. The number of aliphatic hydroxyl groups excluding tert-OH is 6. The lowest BCUT2D eigenvalue weighted by molar-refractivity contribution is -0.121. The maximum Gasteiger partial charge on any atom is 0.235 e. The molecular formula is C55H76N2O13S2. The number of amides is 1. The Morgan fingerprint density at radius 3 is 2.46 bits per heavy atom. The molecule has 15 unspecified atom stereocenters. The molecular weight excluding hydrogens is 961 g/mol. The number of hydrogen-bond acceptors (Lipinski definition) is 16. The molecule has 6 aliphatic rings. The fourth-order valence-electron chi connectivity index (χ4n) is 12.9. The van der Waals surface area contributed by atoms with Gasteiger partial charge < -0.3 is 70.4 Å². The Morgan fingerprint density at radius 2 is 1.67 bits per heavy atom. The lowest BCUT2D eigenvalue weighted by Crippen LogP contribution is -2.50. The Kier molecular flexibility index (Phi) is 19.2. The van der Waals surface area contributed by atoms with Crippen molar-refractivity contribution in [3.8, 4) is 52.4 Å². The number of benzene rings is 2. The number of methoxy groups -OCH3 is 1. The third-order valence-corrected chi connectivity index (χ3v) is 19.5. The maximum absolute atomic E-state index is 12.9. The quantitative estimate of drug-likeness (QED) is 0.0790. The minimum atomic E-state index is -1.09. The lowest BCUT2D eigenvalue weighted by Gasteiger charge is -2.53. The molecule has 3 aliphatic carbocycles. The largest absolute Gasteiger partial charge is 0.504 e. The molecule has 2 aromatic carbocycles. The summed E-state index contributed by atoms with van der Waals surface area (Å²) in [6.45, 7) is 2.94. The summed E-state index contributed by atoms with van der Waals surface area (Å²) in [5.41, 5.74) is 1.97. The minimum absolute atomic E-state index is 0.000644. The van der Waals surface area contributed by atoms with E-state index in [1.807, 2.05) is 6.07 Å². The first-order valence-corrected chi connectivity index (χ1v) is 28.5. The smallest absolute Gasteiger partial charge is 0.235 e. The van der Waals surface area contributed by atoms with Crippen LogP contribution in [0.15, 0.2) is 24.3 Å². The van der Waals surface area contributed by atoms with Crippen molar-refractivity contribution >= 4 is 27.5 Å². The van der Waals surface area contributed by atoms with Gasteiger partial charge in [0.25, 0.3) is 0 Å². The summed E-state index contributed by atoms with van der Waals surface area (Å²) < 4.78 is 23.4. The van der Waals surface area contributed by atoms with Gasteiger partial charge in [0, 0.05) is 60.3 Å². The molecule has 1 amide bonds. The zero-order valence-corrected chi connectivity index (χ0v) is 43.3. The summed E-state index contributed by atoms with van der Waals surface area (Å²) in [4.78, 5) is 12.9. The maximum atomic E-state index is 12.9. The van der Waals surface area contributed by atoms with E-state index in [4.69, 9.17) is 18.9 Å². The van der Waals surface area contributed by atoms with E-state index in [2.05, 4.69) is 41.2 Å². The van der Waals surface area contributed by atoms with E-state index in [0.29, 0.717) is 68.3 Å². The molecule has 10 N–H and O–H groups in total. The lowest BCUT2D eigenvalue weighted by atomic mass is 9.51. The predicted octanol–water partition coefficient (Wildman–Crippen LogP) is 5.21. The van der Waals surface area contributed by atoms with Crippen molar-refractivity contribution in [2.75, 3.05) is 52.7 Å². The Bertz CT molecular complexity index is 2280. The van der Waals surface area contributed by atoms with E-state index in [0.717, 1.165) is 62.6 Å². The Morgan fingerprint density at radius 1 is 0.847 bits per heavy atom. The zero-order valence-electron chi connectivity index (χ0n) is 41.7. The van der Waals surface area contributed by atoms with Gasteiger partial charge in [-0.3, -0.25) is 4.79 Å². The summed E-state index contributed by atoms with van der Waals surface area (Å²) >= 11 is 0. The normalized spacial score (nSPS) is 35.4. The van der Waals surface area contributed by atoms with Crippen molar-refractivity contribution in [2.45, 2.75) is 133 Å². The van der Waals surface area contributed by atoms with Gasteiger partial charge in [-0.2, -0.15) is 0 Å². The number of fused-ring (bicyclic) bond motifs is 4. The summed E-state index contributed by atoms with van der Waals surface area (Å²) in [7, 11) is 4.28. The first-order chi connectivity index (χ1) is 34.8. The number of ether oxygens (including phenoxy) is 4. The second-order valence-corrected chi connectivity index (χ2v) is 23.9. The molecule has 2 bridgehead atoms. The molecule has 3 heterocycles. The van der Waals surface area contributed by atoms with Gasteiger partial charge in [-0.15, -0.1) is 5.92 Å². The molecule has 2 aromatic rings. The van der Waals surface area contributed by atoms with E-state index in [-0.39, 0.29) is 94.5 Å². The highest BCUT2D eigenvalue weighted by molar-refractivity contribution is 8.76. The van der Waals surface area contributed by atoms with Gasteiger partial charge in [0.2, 0.25) is 11.7 Å². The fraction of sp³-hybridized carbons (Fsp3) is 0.691. The number of phenolic OH excluding ortho intramolecular Hbond substituents is 2. The van der Waals surface area contributed by atoms with Crippen molar-refractivity contribution in [1.29, 1.82) is 0 Å². The highest BCUT2D eigenvalue weighted by Gasteiger charge is 2.52. The van der Waals surface area contributed by atoms with E-state index >= 15 is 0 Å². The van der Waals surface area contributed by atoms with Crippen LogP contribution >= 0.6 is 21.6 Å². The molecule has 72 heavy (non-hydrogen) atoms. The van der Waals surface area contributed by atoms with Crippen LogP contribution in [0.3, 0.4) is 0 Å². The number of aromatic hydroxyl groups is 2. The van der Waals surface area contributed by atoms with Crippen LogP contribution in [0.1, 0.15) is 106 Å². The zero-order chi connectivity index (χ0) is 50.9. The Balaban J connectivity index is 1.06. The van der Waals surface area contributed by atoms with E-state index in [1.54, 1.807) is 12.1 Å². The molecule has 8 rings (SSSR count). The van der Waals surface area contributed by atoms with Gasteiger partial charge in [0.05, 0.1) is 37.6 Å². The van der Waals surface area contributed by atoms with Crippen molar-refractivity contribution in [3.05, 3.63) is 41.0 Å². The van der Waals surface area contributed by atoms with Gasteiger partial charge in [0.15, 0.2) is 29.8 Å². The van der Waals surface area contributed by atoms with E-state index in [9.17, 15) is 45.6 Å². The number of carbonyl (C=O) groups excluding carboxylic acids is 1. The molecule has 396 valence electrons. The average Bonchev–Trinajstić information content (AvgIpc) is 3.76. The van der Waals surface area contributed by atoms with Gasteiger partial charge in [0.1, 0.15) is 12.7 Å². The van der Waals surface area contributed by atoms with Crippen molar-refractivity contribution in [1.82, 2.24) is 10.6 Å². The monoisotopic (exact) mass is 1040 g/mol. The van der Waals surface area contributed by atoms with Gasteiger partial charge in [-0.25, -0.2) is 0 Å². The second-order valence-electron chi connectivity index (χ2n) is 21.2. The summed E-state index contributed by atoms with van der Waals surface area (Å²) in [6.07, 6.45) is 5.27. The first-order valence-electron chi connectivity index (χ1n) is 26.2. The third kappa shape index (κ3) is 12.7. The van der Waals surface area contributed by atoms with Gasteiger partial charge >= 0.3 is 0 Å². The van der Waals surface area contributed by atoms with Crippen LogP contribution in [-0.2, 0) is 22.4 Å². The van der Waals surface area contributed by atoms with Crippen LogP contribution in [0.5, 0.6) is 28.7 Å². The van der Waals surface area contributed by atoms with Crippen LogP contribution in [-0.4, -0.2) is 130 Å². The molecule has 2 saturated carbocycles. The van der Waals surface area contributed by atoms with Crippen LogP contribution in [0.4, 0.5) is 0 Å². The number of phenols is 2. The first kappa shape index (κ1) is 54.7. The van der Waals surface area contributed by atoms with Gasteiger partial charge in [-0.05, 0) is 148 Å². The van der Waals surface area contributed by atoms with Crippen LogP contribution < -0.4 is 24.8 Å². The van der Waals surface area contributed by atoms with Crippen molar-refractivity contribution in [2.24, 2.45) is 52.8 Å². The summed E-state index contributed by atoms with van der Waals surface area (Å²) in [5, 5.41) is 94.1. The predicted molar refractivity (Wildman–Crippen MR) is 275 cm³/mol. The highest BCUT2D eigenvalue weighted by atomic mass is 33.1. The number of aryl methyl sites for hydroxylation is 1. The molecule has 3 aliphatic heterocycles. The highest BCUT2D eigenvalue weighted by Crippen LogP contribution is 2.57. The Hall–Kier alpha value is -3.59. The molecule has 15 atom stereocenters. The molecule has 15 nitrogen and oxygen atoms in total. The summed E-state index contributed by atoms with van der Waals surface area (Å²) in [6, 6.07) is 6.79. The number of nitrogens with one attached hydrogen (secondary N) is 2. The van der Waals surface area contributed by atoms with E-state index in [1.165, 1.54) is 34.8 Å². The number of hydrogen-bond donors (Lipinski definition) is 10. The molecule has 17 heteroatoms. The van der Waals surface area contributed by atoms with Crippen LogP contribution in [0.25, 0.3) is 0 Å². The molecule has 1 saturated heterocycles. The average molecular weight is 1040 g/mol. The number of aliphatic hydroxyl groups is 6. The van der Waals surface area contributed by atoms with Crippen molar-refractivity contribution < 1.29 is 64.6 Å². The molecule has 0 radical (unpaired) electrons.